The maximum absolute atomic E-state index is 6.30. The Balaban J connectivity index is 1.66. The highest BCUT2D eigenvalue weighted by molar-refractivity contribution is 5.11. The summed E-state index contributed by atoms with van der Waals surface area (Å²) < 4.78 is 6.30. The third kappa shape index (κ3) is 2.92. The summed E-state index contributed by atoms with van der Waals surface area (Å²) in [5.41, 5.74) is 0.909. The van der Waals surface area contributed by atoms with E-state index >= 15 is 0 Å². The minimum atomic E-state index is 0.425. The Kier molecular flexibility index (Phi) is 5.18. The minimum absolute atomic E-state index is 0.425. The van der Waals surface area contributed by atoms with Gasteiger partial charge in [-0.1, -0.05) is 27.7 Å². The first-order chi connectivity index (χ1) is 9.41. The number of hydrogen-bond acceptors (Lipinski definition) is 2. The SMILES string of the molecule is CCNC(C)CCCCOC1CC2CCC1(C)C2(C)C. The van der Waals surface area contributed by atoms with Gasteiger partial charge >= 0.3 is 0 Å². The molecular formula is C18H35NO. The van der Waals surface area contributed by atoms with Gasteiger partial charge in [-0.25, -0.2) is 0 Å². The van der Waals surface area contributed by atoms with Gasteiger partial charge in [-0.05, 0) is 68.7 Å². The van der Waals surface area contributed by atoms with Gasteiger partial charge in [0, 0.05) is 12.6 Å². The van der Waals surface area contributed by atoms with Crippen LogP contribution in [0.15, 0.2) is 0 Å². The summed E-state index contributed by atoms with van der Waals surface area (Å²) in [6, 6.07) is 0.652. The molecule has 0 spiro atoms. The second-order valence-electron chi connectivity index (χ2n) is 7.92. The number of nitrogens with one attached hydrogen (secondary N) is 1. The highest BCUT2D eigenvalue weighted by Gasteiger charge is 2.61. The Morgan fingerprint density at radius 2 is 2.00 bits per heavy atom. The maximum atomic E-state index is 6.30. The summed E-state index contributed by atoms with van der Waals surface area (Å²) >= 11 is 0. The molecule has 0 radical (unpaired) electrons. The topological polar surface area (TPSA) is 21.3 Å². The highest BCUT2D eigenvalue weighted by Crippen LogP contribution is 2.66. The molecule has 0 heterocycles. The Morgan fingerprint density at radius 3 is 2.55 bits per heavy atom. The van der Waals surface area contributed by atoms with Gasteiger partial charge in [-0.2, -0.15) is 0 Å². The highest BCUT2D eigenvalue weighted by atomic mass is 16.5. The summed E-state index contributed by atoms with van der Waals surface area (Å²) in [7, 11) is 0. The van der Waals surface area contributed by atoms with Crippen molar-refractivity contribution in [1.29, 1.82) is 0 Å². The first-order valence-electron chi connectivity index (χ1n) is 8.76. The van der Waals surface area contributed by atoms with Crippen molar-refractivity contribution < 1.29 is 4.74 Å². The van der Waals surface area contributed by atoms with Gasteiger partial charge in [0.1, 0.15) is 0 Å². The largest absolute Gasteiger partial charge is 0.378 e. The molecule has 0 amide bonds. The molecule has 2 aliphatic rings. The molecule has 0 aromatic heterocycles. The van der Waals surface area contributed by atoms with Gasteiger partial charge in [0.25, 0.3) is 0 Å². The molecule has 2 bridgehead atoms. The number of hydrogen-bond donors (Lipinski definition) is 1. The average Bonchev–Trinajstić information content (AvgIpc) is 2.71. The molecular weight excluding hydrogens is 246 g/mol. The third-order valence-electron chi connectivity index (χ3n) is 6.62. The van der Waals surface area contributed by atoms with Crippen LogP contribution in [0, 0.1) is 16.7 Å². The van der Waals surface area contributed by atoms with Crippen molar-refractivity contribution in [1.82, 2.24) is 5.32 Å². The predicted octanol–water partition coefficient (Wildman–Crippen LogP) is 4.39. The predicted molar refractivity (Wildman–Crippen MR) is 86.0 cm³/mol. The first kappa shape index (κ1) is 16.3. The van der Waals surface area contributed by atoms with Crippen molar-refractivity contribution in [2.45, 2.75) is 85.3 Å². The van der Waals surface area contributed by atoms with E-state index < -0.39 is 0 Å². The maximum Gasteiger partial charge on any atom is 0.0636 e. The van der Waals surface area contributed by atoms with Crippen molar-refractivity contribution in [3.05, 3.63) is 0 Å². The van der Waals surface area contributed by atoms with E-state index in [1.807, 2.05) is 0 Å². The zero-order chi connectivity index (χ0) is 14.8. The Hall–Kier alpha value is -0.0800. The smallest absolute Gasteiger partial charge is 0.0636 e. The minimum Gasteiger partial charge on any atom is -0.378 e. The summed E-state index contributed by atoms with van der Waals surface area (Å²) in [6.07, 6.45) is 8.38. The Morgan fingerprint density at radius 1 is 1.25 bits per heavy atom. The summed E-state index contributed by atoms with van der Waals surface area (Å²) in [5, 5.41) is 3.48. The Labute approximate surface area is 126 Å². The van der Waals surface area contributed by atoms with Crippen LogP contribution < -0.4 is 5.32 Å². The molecule has 2 fully saturated rings. The van der Waals surface area contributed by atoms with Crippen molar-refractivity contribution in [3.63, 3.8) is 0 Å². The van der Waals surface area contributed by atoms with Crippen LogP contribution in [0.1, 0.15) is 73.1 Å². The monoisotopic (exact) mass is 281 g/mol. The van der Waals surface area contributed by atoms with Gasteiger partial charge in [0.15, 0.2) is 0 Å². The van der Waals surface area contributed by atoms with Crippen LogP contribution in [0.25, 0.3) is 0 Å². The van der Waals surface area contributed by atoms with E-state index in [2.05, 4.69) is 39.9 Å². The fourth-order valence-electron chi connectivity index (χ4n) is 4.61. The van der Waals surface area contributed by atoms with Crippen LogP contribution in [-0.4, -0.2) is 25.3 Å². The lowest BCUT2D eigenvalue weighted by molar-refractivity contribution is -0.0475. The lowest BCUT2D eigenvalue weighted by atomic mass is 9.70. The van der Waals surface area contributed by atoms with E-state index in [1.165, 1.54) is 38.5 Å². The number of ether oxygens (including phenoxy) is 1. The van der Waals surface area contributed by atoms with Crippen molar-refractivity contribution >= 4 is 0 Å². The van der Waals surface area contributed by atoms with Crippen LogP contribution in [0.2, 0.25) is 0 Å². The molecule has 2 heteroatoms. The first-order valence-corrected chi connectivity index (χ1v) is 8.76. The number of rotatable bonds is 8. The van der Waals surface area contributed by atoms with Gasteiger partial charge in [0.2, 0.25) is 0 Å². The summed E-state index contributed by atoms with van der Waals surface area (Å²) in [4.78, 5) is 0. The van der Waals surface area contributed by atoms with Crippen molar-refractivity contribution in [2.24, 2.45) is 16.7 Å². The second kappa shape index (κ2) is 6.36. The van der Waals surface area contributed by atoms with Gasteiger partial charge < -0.3 is 10.1 Å². The van der Waals surface area contributed by atoms with Gasteiger partial charge in [-0.15, -0.1) is 0 Å². The zero-order valence-electron chi connectivity index (χ0n) is 14.3. The lowest BCUT2D eigenvalue weighted by Gasteiger charge is -2.39. The molecule has 2 aliphatic carbocycles. The molecule has 20 heavy (non-hydrogen) atoms. The summed E-state index contributed by atoms with van der Waals surface area (Å²) in [5.74, 6) is 0.895. The number of fused-ring (bicyclic) bond motifs is 2. The van der Waals surface area contributed by atoms with Crippen LogP contribution in [0.3, 0.4) is 0 Å². The van der Waals surface area contributed by atoms with Crippen LogP contribution in [0.5, 0.6) is 0 Å². The van der Waals surface area contributed by atoms with Gasteiger partial charge in [-0.3, -0.25) is 0 Å². The van der Waals surface area contributed by atoms with Crippen LogP contribution >= 0.6 is 0 Å². The normalized spacial score (nSPS) is 36.5. The average molecular weight is 281 g/mol. The fraction of sp³-hybridized carbons (Fsp3) is 1.00. The van der Waals surface area contributed by atoms with E-state index in [9.17, 15) is 0 Å². The molecule has 0 aromatic carbocycles. The Bertz CT molecular complexity index is 315. The third-order valence-corrected chi connectivity index (χ3v) is 6.62. The van der Waals surface area contributed by atoms with E-state index in [-0.39, 0.29) is 0 Å². The standard InChI is InChI=1S/C18H35NO/c1-6-19-14(2)9-7-8-12-20-16-13-15-10-11-18(16,5)17(15,3)4/h14-16,19H,6-13H2,1-5H3. The fourth-order valence-corrected chi connectivity index (χ4v) is 4.61. The molecule has 2 rings (SSSR count). The molecule has 1 N–H and O–H groups in total. The quantitative estimate of drug-likeness (QED) is 0.666. The van der Waals surface area contributed by atoms with Crippen LogP contribution in [-0.2, 0) is 4.74 Å². The van der Waals surface area contributed by atoms with E-state index in [1.54, 1.807) is 0 Å². The van der Waals surface area contributed by atoms with Crippen molar-refractivity contribution in [2.75, 3.05) is 13.2 Å². The van der Waals surface area contributed by atoms with E-state index in [4.69, 9.17) is 4.74 Å². The van der Waals surface area contributed by atoms with E-state index in [0.717, 1.165) is 19.1 Å². The van der Waals surface area contributed by atoms with E-state index in [0.29, 0.717) is 23.0 Å². The molecule has 2 nitrogen and oxygen atoms in total. The van der Waals surface area contributed by atoms with Crippen LogP contribution in [0.4, 0.5) is 0 Å². The zero-order valence-corrected chi connectivity index (χ0v) is 14.3. The van der Waals surface area contributed by atoms with Gasteiger partial charge in [0.05, 0.1) is 6.10 Å². The second-order valence-corrected chi connectivity index (χ2v) is 7.92. The molecule has 0 aromatic rings. The van der Waals surface area contributed by atoms with Crippen molar-refractivity contribution in [3.8, 4) is 0 Å². The molecule has 2 saturated carbocycles. The molecule has 4 atom stereocenters. The molecule has 4 unspecified atom stereocenters. The molecule has 118 valence electrons. The molecule has 0 saturated heterocycles. The lowest BCUT2D eigenvalue weighted by Crippen LogP contribution is -2.37. The molecule has 0 aliphatic heterocycles. The number of unbranched alkanes of at least 4 members (excludes halogenated alkanes) is 1. The summed E-state index contributed by atoms with van der Waals surface area (Å²) in [6.45, 7) is 13.9.